The Balaban J connectivity index is 2.20. The summed E-state index contributed by atoms with van der Waals surface area (Å²) < 4.78 is 4.89. The molecule has 0 unspecified atom stereocenters. The van der Waals surface area contributed by atoms with Gasteiger partial charge >= 0.3 is 0 Å². The smallest absolute Gasteiger partial charge is 0.270 e. The van der Waals surface area contributed by atoms with E-state index < -0.39 is 0 Å². The third-order valence-electron chi connectivity index (χ3n) is 2.97. The fourth-order valence-corrected chi connectivity index (χ4v) is 1.93. The highest BCUT2D eigenvalue weighted by molar-refractivity contribution is 5.93. The molecular weight excluding hydrogens is 294 g/mol. The summed E-state index contributed by atoms with van der Waals surface area (Å²) in [5.74, 6) is 0.614. The predicted octanol–water partition coefficient (Wildman–Crippen LogP) is 1.78. The van der Waals surface area contributed by atoms with Crippen LogP contribution in [0.1, 0.15) is 21.9 Å². The van der Waals surface area contributed by atoms with E-state index in [0.29, 0.717) is 36.0 Å². The van der Waals surface area contributed by atoms with Gasteiger partial charge in [-0.2, -0.15) is 5.26 Å². The first-order valence-corrected chi connectivity index (χ1v) is 7.03. The minimum atomic E-state index is -0.302. The Morgan fingerprint density at radius 3 is 2.87 bits per heavy atom. The Hall–Kier alpha value is -2.98. The molecule has 0 saturated heterocycles. The summed E-state index contributed by atoms with van der Waals surface area (Å²) in [7, 11) is 1.57. The molecule has 0 spiro atoms. The molecule has 1 heterocycles. The van der Waals surface area contributed by atoms with Gasteiger partial charge in [0, 0.05) is 19.7 Å². The number of carbonyl (C=O) groups is 1. The van der Waals surface area contributed by atoms with Crippen molar-refractivity contribution in [2.24, 2.45) is 0 Å². The molecule has 2 aromatic rings. The summed E-state index contributed by atoms with van der Waals surface area (Å²) in [6.07, 6.45) is 0. The van der Waals surface area contributed by atoms with Crippen LogP contribution in [0.3, 0.4) is 0 Å². The molecule has 2 N–H and O–H groups in total. The zero-order valence-electron chi connectivity index (χ0n) is 13.0. The van der Waals surface area contributed by atoms with E-state index in [2.05, 4.69) is 26.7 Å². The van der Waals surface area contributed by atoms with Crippen molar-refractivity contribution in [3.8, 4) is 6.07 Å². The normalized spacial score (nSPS) is 9.96. The van der Waals surface area contributed by atoms with Gasteiger partial charge in [0.05, 0.1) is 17.9 Å². The number of anilines is 2. The zero-order chi connectivity index (χ0) is 16.7. The number of benzene rings is 1. The maximum Gasteiger partial charge on any atom is 0.270 e. The van der Waals surface area contributed by atoms with Crippen molar-refractivity contribution >= 4 is 17.4 Å². The first-order valence-electron chi connectivity index (χ1n) is 7.03. The molecule has 0 aliphatic heterocycles. The number of rotatable bonds is 6. The van der Waals surface area contributed by atoms with Gasteiger partial charge in [-0.1, -0.05) is 12.1 Å². The minimum Gasteiger partial charge on any atom is -0.383 e. The quantitative estimate of drug-likeness (QED) is 0.789. The van der Waals surface area contributed by atoms with Gasteiger partial charge in [-0.3, -0.25) is 4.79 Å². The molecule has 0 radical (unpaired) electrons. The fourth-order valence-electron chi connectivity index (χ4n) is 1.93. The van der Waals surface area contributed by atoms with Crippen molar-refractivity contribution in [1.29, 1.82) is 5.26 Å². The number of methoxy groups -OCH3 is 1. The number of hydrogen-bond acceptors (Lipinski definition) is 6. The third kappa shape index (κ3) is 4.49. The highest BCUT2D eigenvalue weighted by atomic mass is 16.5. The van der Waals surface area contributed by atoms with E-state index >= 15 is 0 Å². The van der Waals surface area contributed by atoms with E-state index in [9.17, 15) is 4.79 Å². The molecular formula is C16H17N5O2. The molecule has 118 valence electrons. The lowest BCUT2D eigenvalue weighted by molar-refractivity contribution is 0.0932. The standard InChI is InChI=1S/C16H17N5O2/c1-11-19-14(16(22)18-7-8-23-2)9-15(20-11)21-13-6-4-3-5-12(13)10-17/h3-6,9H,7-8H2,1-2H3,(H,18,22)(H,19,20,21). The van der Waals surface area contributed by atoms with Crippen LogP contribution in [0.4, 0.5) is 11.5 Å². The molecule has 0 aliphatic carbocycles. The Kier molecular flexibility index (Phi) is 5.61. The number of carbonyl (C=O) groups excluding carboxylic acids is 1. The zero-order valence-corrected chi connectivity index (χ0v) is 13.0. The predicted molar refractivity (Wildman–Crippen MR) is 85.4 cm³/mol. The second-order valence-electron chi connectivity index (χ2n) is 4.72. The SMILES string of the molecule is COCCNC(=O)c1cc(Nc2ccccc2C#N)nc(C)n1. The van der Waals surface area contributed by atoms with Gasteiger partial charge in [-0.25, -0.2) is 9.97 Å². The maximum atomic E-state index is 12.1. The van der Waals surface area contributed by atoms with Crippen molar-refractivity contribution in [3.05, 3.63) is 47.4 Å². The molecule has 0 fully saturated rings. The monoisotopic (exact) mass is 311 g/mol. The lowest BCUT2D eigenvalue weighted by Gasteiger charge is -2.10. The fraction of sp³-hybridized carbons (Fsp3) is 0.250. The third-order valence-corrected chi connectivity index (χ3v) is 2.97. The number of nitriles is 1. The van der Waals surface area contributed by atoms with Gasteiger partial charge in [0.2, 0.25) is 0 Å². The summed E-state index contributed by atoms with van der Waals surface area (Å²) in [5, 5.41) is 14.9. The average Bonchev–Trinajstić information content (AvgIpc) is 2.55. The van der Waals surface area contributed by atoms with Crippen LogP contribution in [0.2, 0.25) is 0 Å². The number of para-hydroxylation sites is 1. The summed E-state index contributed by atoms with van der Waals surface area (Å²) in [6, 6.07) is 10.7. The number of amides is 1. The van der Waals surface area contributed by atoms with E-state index in [4.69, 9.17) is 10.00 Å². The summed E-state index contributed by atoms with van der Waals surface area (Å²) in [6.45, 7) is 2.53. The average molecular weight is 311 g/mol. The van der Waals surface area contributed by atoms with Crippen LogP contribution in [0.15, 0.2) is 30.3 Å². The van der Waals surface area contributed by atoms with Gasteiger partial charge in [0.15, 0.2) is 0 Å². The lowest BCUT2D eigenvalue weighted by atomic mass is 10.2. The first kappa shape index (κ1) is 16.4. The van der Waals surface area contributed by atoms with E-state index in [-0.39, 0.29) is 11.6 Å². The van der Waals surface area contributed by atoms with Crippen LogP contribution in [-0.4, -0.2) is 36.1 Å². The molecule has 0 saturated carbocycles. The highest BCUT2D eigenvalue weighted by Crippen LogP contribution is 2.19. The van der Waals surface area contributed by atoms with Crippen LogP contribution in [-0.2, 0) is 4.74 Å². The van der Waals surface area contributed by atoms with Crippen LogP contribution >= 0.6 is 0 Å². The van der Waals surface area contributed by atoms with E-state index in [0.717, 1.165) is 0 Å². The number of aryl methyl sites for hydroxylation is 1. The maximum absolute atomic E-state index is 12.1. The second kappa shape index (κ2) is 7.87. The summed E-state index contributed by atoms with van der Waals surface area (Å²) in [5.41, 5.74) is 1.37. The van der Waals surface area contributed by atoms with E-state index in [1.54, 1.807) is 38.3 Å². The van der Waals surface area contributed by atoms with Crippen LogP contribution in [0.25, 0.3) is 0 Å². The summed E-state index contributed by atoms with van der Waals surface area (Å²) in [4.78, 5) is 20.4. The van der Waals surface area contributed by atoms with Gasteiger partial charge < -0.3 is 15.4 Å². The molecule has 23 heavy (non-hydrogen) atoms. The van der Waals surface area contributed by atoms with Crippen molar-refractivity contribution in [3.63, 3.8) is 0 Å². The Morgan fingerprint density at radius 2 is 2.13 bits per heavy atom. The van der Waals surface area contributed by atoms with Gasteiger partial charge in [0.1, 0.15) is 23.4 Å². The first-order chi connectivity index (χ1) is 11.1. The Bertz CT molecular complexity index is 739. The largest absolute Gasteiger partial charge is 0.383 e. The van der Waals surface area contributed by atoms with Crippen LogP contribution in [0, 0.1) is 18.3 Å². The minimum absolute atomic E-state index is 0.255. The van der Waals surface area contributed by atoms with Crippen LogP contribution < -0.4 is 10.6 Å². The van der Waals surface area contributed by atoms with Crippen molar-refractivity contribution in [1.82, 2.24) is 15.3 Å². The Morgan fingerprint density at radius 1 is 1.35 bits per heavy atom. The molecule has 1 aromatic carbocycles. The number of nitrogens with zero attached hydrogens (tertiary/aromatic N) is 3. The number of hydrogen-bond donors (Lipinski definition) is 2. The Labute approximate surface area is 134 Å². The van der Waals surface area contributed by atoms with Crippen molar-refractivity contribution in [2.45, 2.75) is 6.92 Å². The van der Waals surface area contributed by atoms with Crippen LogP contribution in [0.5, 0.6) is 0 Å². The number of ether oxygens (including phenoxy) is 1. The molecule has 0 atom stereocenters. The lowest BCUT2D eigenvalue weighted by Crippen LogP contribution is -2.28. The van der Waals surface area contributed by atoms with Crippen molar-refractivity contribution in [2.75, 3.05) is 25.6 Å². The molecule has 1 amide bonds. The number of nitrogens with one attached hydrogen (secondary N) is 2. The van der Waals surface area contributed by atoms with E-state index in [1.165, 1.54) is 0 Å². The molecule has 7 heteroatoms. The molecule has 0 bridgehead atoms. The molecule has 0 aliphatic rings. The van der Waals surface area contributed by atoms with Gasteiger partial charge in [-0.05, 0) is 19.1 Å². The molecule has 7 nitrogen and oxygen atoms in total. The summed E-state index contributed by atoms with van der Waals surface area (Å²) >= 11 is 0. The second-order valence-corrected chi connectivity index (χ2v) is 4.72. The van der Waals surface area contributed by atoms with Crippen molar-refractivity contribution < 1.29 is 9.53 Å². The number of aromatic nitrogens is 2. The van der Waals surface area contributed by atoms with Gasteiger partial charge in [0.25, 0.3) is 5.91 Å². The highest BCUT2D eigenvalue weighted by Gasteiger charge is 2.11. The van der Waals surface area contributed by atoms with E-state index in [1.807, 2.05) is 6.07 Å². The molecule has 1 aromatic heterocycles. The van der Waals surface area contributed by atoms with Gasteiger partial charge in [-0.15, -0.1) is 0 Å². The topological polar surface area (TPSA) is 99.9 Å². The molecule has 2 rings (SSSR count).